The highest BCUT2D eigenvalue weighted by Gasteiger charge is 2.24. The Balaban J connectivity index is 2.24. The average Bonchev–Trinajstić information content (AvgIpc) is 2.33. The number of halogens is 2. The van der Waals surface area contributed by atoms with Crippen molar-refractivity contribution in [3.05, 3.63) is 21.7 Å². The van der Waals surface area contributed by atoms with Crippen LogP contribution in [-0.2, 0) is 6.42 Å². The maximum atomic E-state index is 6.23. The van der Waals surface area contributed by atoms with E-state index in [4.69, 9.17) is 23.2 Å². The van der Waals surface area contributed by atoms with Crippen LogP contribution in [0.2, 0.25) is 10.3 Å². The molecule has 1 aliphatic rings. The summed E-state index contributed by atoms with van der Waals surface area (Å²) in [5.41, 5.74) is 0.897. The summed E-state index contributed by atoms with van der Waals surface area (Å²) in [5.74, 6) is 2.02. The molecule has 0 radical (unpaired) electrons. The van der Waals surface area contributed by atoms with Gasteiger partial charge in [0.1, 0.15) is 16.1 Å². The first-order valence-corrected chi connectivity index (χ1v) is 7.59. The molecule has 1 aromatic heterocycles. The minimum absolute atomic E-state index is 0.430. The van der Waals surface area contributed by atoms with Gasteiger partial charge in [-0.1, -0.05) is 56.3 Å². The predicted molar refractivity (Wildman–Crippen MR) is 76.4 cm³/mol. The molecule has 2 rings (SSSR count). The minimum atomic E-state index is 0.430. The zero-order chi connectivity index (χ0) is 13.1. The number of hydrogen-bond donors (Lipinski definition) is 0. The predicted octanol–water partition coefficient (Wildman–Crippen LogP) is 5.03. The number of nitrogens with zero attached hydrogens (tertiary/aromatic N) is 2. The molecule has 0 saturated heterocycles. The average molecular weight is 287 g/mol. The lowest BCUT2D eigenvalue weighted by Gasteiger charge is -2.25. The fraction of sp³-hybridized carbons (Fsp3) is 0.714. The number of hydrogen-bond acceptors (Lipinski definition) is 2. The first-order valence-electron chi connectivity index (χ1n) is 6.83. The molecule has 2 atom stereocenters. The van der Waals surface area contributed by atoms with Crippen molar-refractivity contribution in [2.24, 2.45) is 5.92 Å². The number of aromatic nitrogens is 2. The molecule has 0 aliphatic heterocycles. The van der Waals surface area contributed by atoms with Gasteiger partial charge in [-0.15, -0.1) is 0 Å². The molecule has 2 nitrogen and oxygen atoms in total. The van der Waals surface area contributed by atoms with Gasteiger partial charge in [0.25, 0.3) is 0 Å². The minimum Gasteiger partial charge on any atom is -0.221 e. The molecule has 18 heavy (non-hydrogen) atoms. The van der Waals surface area contributed by atoms with Crippen LogP contribution in [0, 0.1) is 5.92 Å². The van der Waals surface area contributed by atoms with Crippen molar-refractivity contribution >= 4 is 23.2 Å². The van der Waals surface area contributed by atoms with E-state index in [1.165, 1.54) is 12.8 Å². The van der Waals surface area contributed by atoms with Gasteiger partial charge in [-0.2, -0.15) is 0 Å². The Hall–Kier alpha value is -0.340. The van der Waals surface area contributed by atoms with Gasteiger partial charge in [-0.05, 0) is 25.2 Å². The van der Waals surface area contributed by atoms with Crippen LogP contribution < -0.4 is 0 Å². The SMILES string of the molecule is CCCc1c(Cl)nc(C2CCCC(C)C2)nc1Cl. The normalized spacial score (nSPS) is 24.2. The summed E-state index contributed by atoms with van der Waals surface area (Å²) in [6, 6.07) is 0. The van der Waals surface area contributed by atoms with Crippen LogP contribution in [0.1, 0.15) is 63.3 Å². The topological polar surface area (TPSA) is 25.8 Å². The molecule has 0 spiro atoms. The molecule has 0 bridgehead atoms. The van der Waals surface area contributed by atoms with E-state index in [-0.39, 0.29) is 0 Å². The Morgan fingerprint density at radius 2 is 1.83 bits per heavy atom. The molecule has 1 saturated carbocycles. The van der Waals surface area contributed by atoms with E-state index in [9.17, 15) is 0 Å². The summed E-state index contributed by atoms with van der Waals surface area (Å²) in [6.45, 7) is 4.39. The van der Waals surface area contributed by atoms with Gasteiger partial charge in [-0.25, -0.2) is 9.97 Å². The lowest BCUT2D eigenvalue weighted by Crippen LogP contribution is -2.15. The standard InChI is InChI=1S/C14H20Cl2N2/c1-3-5-11-12(15)17-14(18-13(11)16)10-7-4-6-9(2)8-10/h9-10H,3-8H2,1-2H3. The molecule has 2 unspecified atom stereocenters. The van der Waals surface area contributed by atoms with Crippen LogP contribution in [0.15, 0.2) is 0 Å². The first-order chi connectivity index (χ1) is 8.61. The summed E-state index contributed by atoms with van der Waals surface area (Å²) in [6.07, 6.45) is 6.72. The molecular weight excluding hydrogens is 267 g/mol. The van der Waals surface area contributed by atoms with E-state index in [2.05, 4.69) is 23.8 Å². The highest BCUT2D eigenvalue weighted by Crippen LogP contribution is 2.36. The summed E-state index contributed by atoms with van der Waals surface area (Å²) >= 11 is 12.5. The van der Waals surface area contributed by atoms with Crippen molar-refractivity contribution in [1.82, 2.24) is 9.97 Å². The summed E-state index contributed by atoms with van der Waals surface area (Å²) < 4.78 is 0. The van der Waals surface area contributed by atoms with Crippen LogP contribution in [0.4, 0.5) is 0 Å². The Morgan fingerprint density at radius 3 is 2.39 bits per heavy atom. The van der Waals surface area contributed by atoms with E-state index in [0.717, 1.165) is 43.0 Å². The van der Waals surface area contributed by atoms with Gasteiger partial charge in [0, 0.05) is 11.5 Å². The van der Waals surface area contributed by atoms with Crippen molar-refractivity contribution < 1.29 is 0 Å². The smallest absolute Gasteiger partial charge is 0.137 e. The Labute approximate surface area is 119 Å². The maximum Gasteiger partial charge on any atom is 0.137 e. The number of rotatable bonds is 3. The Morgan fingerprint density at radius 1 is 1.17 bits per heavy atom. The molecule has 1 aliphatic carbocycles. The molecule has 4 heteroatoms. The fourth-order valence-corrected chi connectivity index (χ4v) is 3.34. The van der Waals surface area contributed by atoms with Gasteiger partial charge in [0.15, 0.2) is 0 Å². The zero-order valence-electron chi connectivity index (χ0n) is 11.0. The van der Waals surface area contributed by atoms with E-state index < -0.39 is 0 Å². The highest BCUT2D eigenvalue weighted by molar-refractivity contribution is 6.34. The van der Waals surface area contributed by atoms with Crippen LogP contribution in [0.25, 0.3) is 0 Å². The molecule has 1 aromatic rings. The van der Waals surface area contributed by atoms with Crippen LogP contribution in [0.5, 0.6) is 0 Å². The van der Waals surface area contributed by atoms with Gasteiger partial charge >= 0.3 is 0 Å². The van der Waals surface area contributed by atoms with Crippen molar-refractivity contribution in [2.45, 2.75) is 58.3 Å². The van der Waals surface area contributed by atoms with E-state index >= 15 is 0 Å². The molecule has 0 aromatic carbocycles. The summed E-state index contributed by atoms with van der Waals surface area (Å²) in [4.78, 5) is 8.96. The molecular formula is C14H20Cl2N2. The quantitative estimate of drug-likeness (QED) is 0.729. The van der Waals surface area contributed by atoms with E-state index in [0.29, 0.717) is 16.2 Å². The second-order valence-electron chi connectivity index (χ2n) is 5.36. The molecule has 1 heterocycles. The summed E-state index contributed by atoms with van der Waals surface area (Å²) in [5, 5.41) is 1.09. The zero-order valence-corrected chi connectivity index (χ0v) is 12.6. The van der Waals surface area contributed by atoms with Crippen molar-refractivity contribution in [3.8, 4) is 0 Å². The molecule has 100 valence electrons. The van der Waals surface area contributed by atoms with Crippen LogP contribution in [0.3, 0.4) is 0 Å². The second-order valence-corrected chi connectivity index (χ2v) is 6.08. The van der Waals surface area contributed by atoms with E-state index in [1.54, 1.807) is 0 Å². The van der Waals surface area contributed by atoms with Crippen molar-refractivity contribution in [1.29, 1.82) is 0 Å². The fourth-order valence-electron chi connectivity index (χ4n) is 2.75. The highest BCUT2D eigenvalue weighted by atomic mass is 35.5. The second kappa shape index (κ2) is 6.21. The Bertz CT molecular complexity index is 397. The van der Waals surface area contributed by atoms with Gasteiger partial charge in [-0.3, -0.25) is 0 Å². The lowest BCUT2D eigenvalue weighted by molar-refractivity contribution is 0.335. The van der Waals surface area contributed by atoms with Gasteiger partial charge in [0.05, 0.1) is 0 Å². The summed E-state index contributed by atoms with van der Waals surface area (Å²) in [7, 11) is 0. The monoisotopic (exact) mass is 286 g/mol. The molecule has 0 amide bonds. The van der Waals surface area contributed by atoms with Gasteiger partial charge < -0.3 is 0 Å². The third kappa shape index (κ3) is 3.16. The first kappa shape index (κ1) is 14.1. The lowest BCUT2D eigenvalue weighted by atomic mass is 9.82. The third-order valence-corrected chi connectivity index (χ3v) is 4.35. The van der Waals surface area contributed by atoms with Crippen molar-refractivity contribution in [3.63, 3.8) is 0 Å². The largest absolute Gasteiger partial charge is 0.221 e. The van der Waals surface area contributed by atoms with E-state index in [1.807, 2.05) is 0 Å². The van der Waals surface area contributed by atoms with Crippen LogP contribution in [-0.4, -0.2) is 9.97 Å². The Kier molecular flexibility index (Phi) is 4.85. The van der Waals surface area contributed by atoms with Crippen molar-refractivity contribution in [2.75, 3.05) is 0 Å². The maximum absolute atomic E-state index is 6.23. The molecule has 0 N–H and O–H groups in total. The third-order valence-electron chi connectivity index (χ3n) is 3.73. The molecule has 1 fully saturated rings. The van der Waals surface area contributed by atoms with Gasteiger partial charge in [0.2, 0.25) is 0 Å². The van der Waals surface area contributed by atoms with Crippen LogP contribution >= 0.6 is 23.2 Å².